The van der Waals surface area contributed by atoms with Crippen LogP contribution in [0.25, 0.3) is 0 Å². The minimum atomic E-state index is -3.01. The van der Waals surface area contributed by atoms with Gasteiger partial charge in [0.05, 0.1) is 5.25 Å². The third-order valence-corrected chi connectivity index (χ3v) is 5.32. The van der Waals surface area contributed by atoms with Crippen molar-refractivity contribution in [2.75, 3.05) is 11.6 Å². The fourth-order valence-electron chi connectivity index (χ4n) is 2.54. The van der Waals surface area contributed by atoms with E-state index in [4.69, 9.17) is 11.6 Å². The smallest absolute Gasteiger partial charge is 0.150 e. The van der Waals surface area contributed by atoms with E-state index in [0.29, 0.717) is 23.6 Å². The molecular formula is C13H17ClFNO2S. The highest BCUT2D eigenvalue weighted by molar-refractivity contribution is 7.91. The summed E-state index contributed by atoms with van der Waals surface area (Å²) in [4.78, 5) is 0. The third kappa shape index (κ3) is 4.08. The maximum absolute atomic E-state index is 13.2. The largest absolute Gasteiger partial charge is 0.382 e. The number of rotatable bonds is 3. The molecule has 0 aliphatic heterocycles. The molecule has 3 nitrogen and oxygen atoms in total. The first-order valence-electron chi connectivity index (χ1n) is 6.26. The molecule has 1 N–H and O–H groups in total. The molecule has 0 bridgehead atoms. The van der Waals surface area contributed by atoms with E-state index in [0.717, 1.165) is 12.8 Å². The lowest BCUT2D eigenvalue weighted by atomic mass is 9.95. The highest BCUT2D eigenvalue weighted by Crippen LogP contribution is 2.27. The van der Waals surface area contributed by atoms with Crippen LogP contribution in [0, 0.1) is 5.82 Å². The molecule has 0 aromatic heterocycles. The zero-order valence-electron chi connectivity index (χ0n) is 10.7. The summed E-state index contributed by atoms with van der Waals surface area (Å²) < 4.78 is 36.4. The van der Waals surface area contributed by atoms with Crippen LogP contribution in [0.2, 0.25) is 5.02 Å². The first-order valence-corrected chi connectivity index (χ1v) is 8.59. The van der Waals surface area contributed by atoms with Gasteiger partial charge in [-0.3, -0.25) is 0 Å². The Kier molecular flexibility index (Phi) is 4.36. The average Bonchev–Trinajstić information content (AvgIpc) is 2.26. The van der Waals surface area contributed by atoms with Crippen LogP contribution in [0.15, 0.2) is 18.2 Å². The molecule has 1 aliphatic rings. The molecule has 2 atom stereocenters. The normalized spacial score (nSPS) is 24.2. The second-order valence-electron chi connectivity index (χ2n) is 5.12. The first-order chi connectivity index (χ1) is 8.84. The molecule has 1 aromatic rings. The second kappa shape index (κ2) is 5.67. The molecule has 1 fully saturated rings. The number of benzene rings is 1. The summed E-state index contributed by atoms with van der Waals surface area (Å²) >= 11 is 5.79. The van der Waals surface area contributed by atoms with E-state index < -0.39 is 15.7 Å². The number of sulfone groups is 1. The van der Waals surface area contributed by atoms with Crippen molar-refractivity contribution in [1.82, 2.24) is 0 Å². The lowest BCUT2D eigenvalue weighted by molar-refractivity contribution is 0.453. The van der Waals surface area contributed by atoms with Gasteiger partial charge in [-0.1, -0.05) is 18.0 Å². The monoisotopic (exact) mass is 305 g/mol. The third-order valence-electron chi connectivity index (χ3n) is 3.46. The van der Waals surface area contributed by atoms with Crippen LogP contribution in [0.4, 0.5) is 10.1 Å². The van der Waals surface area contributed by atoms with Gasteiger partial charge in [-0.05, 0) is 37.5 Å². The minimum Gasteiger partial charge on any atom is -0.382 e. The highest BCUT2D eigenvalue weighted by atomic mass is 35.5. The van der Waals surface area contributed by atoms with Crippen molar-refractivity contribution in [2.24, 2.45) is 0 Å². The van der Waals surface area contributed by atoms with Gasteiger partial charge in [0, 0.05) is 23.0 Å². The van der Waals surface area contributed by atoms with E-state index in [1.165, 1.54) is 18.4 Å². The maximum Gasteiger partial charge on any atom is 0.150 e. The van der Waals surface area contributed by atoms with Gasteiger partial charge in [-0.15, -0.1) is 0 Å². The van der Waals surface area contributed by atoms with E-state index in [-0.39, 0.29) is 11.3 Å². The standard InChI is InChI=1S/C13H17ClFNO2S/c1-19(17,18)13-4-2-3-11(8-13)16-12-6-9(14)5-10(15)7-12/h5-7,11,13,16H,2-4,8H2,1H3. The molecule has 0 radical (unpaired) electrons. The van der Waals surface area contributed by atoms with Gasteiger partial charge in [-0.2, -0.15) is 0 Å². The topological polar surface area (TPSA) is 46.2 Å². The summed E-state index contributed by atoms with van der Waals surface area (Å²) in [5.41, 5.74) is 0.601. The van der Waals surface area contributed by atoms with Crippen LogP contribution in [-0.2, 0) is 9.84 Å². The Bertz CT molecular complexity index is 542. The summed E-state index contributed by atoms with van der Waals surface area (Å²) in [7, 11) is -3.01. The van der Waals surface area contributed by atoms with E-state index in [1.807, 2.05) is 0 Å². The van der Waals surface area contributed by atoms with E-state index in [2.05, 4.69) is 5.32 Å². The highest BCUT2D eigenvalue weighted by Gasteiger charge is 2.28. The van der Waals surface area contributed by atoms with Crippen molar-refractivity contribution >= 4 is 27.1 Å². The van der Waals surface area contributed by atoms with Gasteiger partial charge < -0.3 is 5.32 Å². The van der Waals surface area contributed by atoms with E-state index in [1.54, 1.807) is 6.07 Å². The summed E-state index contributed by atoms with van der Waals surface area (Å²) in [6, 6.07) is 4.31. The Morgan fingerprint density at radius 3 is 2.68 bits per heavy atom. The fraction of sp³-hybridized carbons (Fsp3) is 0.538. The first kappa shape index (κ1) is 14.6. The molecule has 2 unspecified atom stereocenters. The van der Waals surface area contributed by atoms with Gasteiger partial charge in [0.15, 0.2) is 0 Å². The molecule has 6 heteroatoms. The number of nitrogens with one attached hydrogen (secondary N) is 1. The summed E-state index contributed by atoms with van der Waals surface area (Å²) in [6.45, 7) is 0. The average molecular weight is 306 g/mol. The Balaban J connectivity index is 2.06. The number of anilines is 1. The molecule has 19 heavy (non-hydrogen) atoms. The fourth-order valence-corrected chi connectivity index (χ4v) is 3.94. The molecule has 1 saturated carbocycles. The minimum absolute atomic E-state index is 0.0475. The molecule has 0 heterocycles. The molecule has 1 aromatic carbocycles. The molecule has 106 valence electrons. The Hall–Kier alpha value is -0.810. The van der Waals surface area contributed by atoms with Crippen molar-refractivity contribution in [2.45, 2.75) is 37.0 Å². The molecular weight excluding hydrogens is 289 g/mol. The zero-order valence-corrected chi connectivity index (χ0v) is 12.3. The van der Waals surface area contributed by atoms with Crippen molar-refractivity contribution < 1.29 is 12.8 Å². The van der Waals surface area contributed by atoms with Crippen LogP contribution in [0.1, 0.15) is 25.7 Å². The number of halogens is 2. The molecule has 0 spiro atoms. The number of hydrogen-bond donors (Lipinski definition) is 1. The van der Waals surface area contributed by atoms with Crippen LogP contribution in [0.5, 0.6) is 0 Å². The van der Waals surface area contributed by atoms with Crippen molar-refractivity contribution in [3.63, 3.8) is 0 Å². The molecule has 1 aliphatic carbocycles. The summed E-state index contributed by atoms with van der Waals surface area (Å²) in [6.07, 6.45) is 4.30. The van der Waals surface area contributed by atoms with Crippen LogP contribution >= 0.6 is 11.6 Å². The van der Waals surface area contributed by atoms with Gasteiger partial charge in [-0.25, -0.2) is 12.8 Å². The van der Waals surface area contributed by atoms with Gasteiger partial charge in [0.1, 0.15) is 15.7 Å². The van der Waals surface area contributed by atoms with Gasteiger partial charge in [0.2, 0.25) is 0 Å². The predicted octanol–water partition coefficient (Wildman–Crippen LogP) is 3.25. The van der Waals surface area contributed by atoms with Gasteiger partial charge >= 0.3 is 0 Å². The van der Waals surface area contributed by atoms with E-state index >= 15 is 0 Å². The predicted molar refractivity (Wildman–Crippen MR) is 75.9 cm³/mol. The summed E-state index contributed by atoms with van der Waals surface area (Å²) in [5.74, 6) is -0.398. The molecule has 0 amide bonds. The van der Waals surface area contributed by atoms with Crippen molar-refractivity contribution in [3.05, 3.63) is 29.0 Å². The lowest BCUT2D eigenvalue weighted by Gasteiger charge is -2.29. The summed E-state index contributed by atoms with van der Waals surface area (Å²) in [5, 5.41) is 3.20. The second-order valence-corrected chi connectivity index (χ2v) is 7.88. The molecule has 2 rings (SSSR count). The Morgan fingerprint density at radius 2 is 2.05 bits per heavy atom. The SMILES string of the molecule is CS(=O)(=O)C1CCCC(Nc2cc(F)cc(Cl)c2)C1. The van der Waals surface area contributed by atoms with E-state index in [9.17, 15) is 12.8 Å². The van der Waals surface area contributed by atoms with Crippen molar-refractivity contribution in [3.8, 4) is 0 Å². The van der Waals surface area contributed by atoms with Crippen molar-refractivity contribution in [1.29, 1.82) is 0 Å². The number of hydrogen-bond acceptors (Lipinski definition) is 3. The van der Waals surface area contributed by atoms with Gasteiger partial charge in [0.25, 0.3) is 0 Å². The Labute approximate surface area is 118 Å². The van der Waals surface area contributed by atoms with Crippen LogP contribution < -0.4 is 5.32 Å². The zero-order chi connectivity index (χ0) is 14.0. The maximum atomic E-state index is 13.2. The Morgan fingerprint density at radius 1 is 1.32 bits per heavy atom. The van der Waals surface area contributed by atoms with Crippen LogP contribution in [0.3, 0.4) is 0 Å². The molecule has 0 saturated heterocycles. The van der Waals surface area contributed by atoms with Crippen LogP contribution in [-0.4, -0.2) is 26.0 Å². The lowest BCUT2D eigenvalue weighted by Crippen LogP contribution is -2.34. The quantitative estimate of drug-likeness (QED) is 0.932.